The normalized spacial score (nSPS) is 23.2. The third-order valence-corrected chi connectivity index (χ3v) is 3.39. The molecule has 2 heterocycles. The van der Waals surface area contributed by atoms with E-state index in [9.17, 15) is 0 Å². The van der Waals surface area contributed by atoms with E-state index in [1.54, 1.807) is 0 Å². The Hall–Kier alpha value is -1.09. The van der Waals surface area contributed by atoms with Gasteiger partial charge in [0.1, 0.15) is 5.82 Å². The monoisotopic (exact) mass is 219 g/mol. The highest BCUT2D eigenvalue weighted by Gasteiger charge is 2.19. The van der Waals surface area contributed by atoms with E-state index in [1.165, 1.54) is 19.3 Å². The van der Waals surface area contributed by atoms with Crippen molar-refractivity contribution in [3.8, 4) is 0 Å². The summed E-state index contributed by atoms with van der Waals surface area (Å²) in [5, 5.41) is 0. The average Bonchev–Trinajstić information content (AvgIpc) is 2.30. The quantitative estimate of drug-likeness (QED) is 0.831. The van der Waals surface area contributed by atoms with Gasteiger partial charge in [-0.15, -0.1) is 0 Å². The molecular weight excluding hydrogens is 198 g/mol. The summed E-state index contributed by atoms with van der Waals surface area (Å²) in [5.41, 5.74) is 6.92. The SMILES string of the molecule is CC(N)c1ccc(N2CCCCC2C)nc1. The minimum absolute atomic E-state index is 0.0697. The second kappa shape index (κ2) is 4.83. The van der Waals surface area contributed by atoms with Gasteiger partial charge in [-0.3, -0.25) is 0 Å². The molecule has 0 spiro atoms. The third-order valence-electron chi connectivity index (χ3n) is 3.39. The van der Waals surface area contributed by atoms with E-state index in [2.05, 4.69) is 28.9 Å². The average molecular weight is 219 g/mol. The van der Waals surface area contributed by atoms with E-state index in [0.29, 0.717) is 6.04 Å². The summed E-state index contributed by atoms with van der Waals surface area (Å²) in [5.74, 6) is 1.09. The first-order valence-corrected chi connectivity index (χ1v) is 6.16. The molecule has 1 aliphatic rings. The molecule has 88 valence electrons. The van der Waals surface area contributed by atoms with Gasteiger partial charge in [-0.25, -0.2) is 4.98 Å². The second-order valence-corrected chi connectivity index (χ2v) is 4.78. The van der Waals surface area contributed by atoms with Gasteiger partial charge in [0.25, 0.3) is 0 Å². The number of nitrogens with zero attached hydrogens (tertiary/aromatic N) is 2. The molecule has 16 heavy (non-hydrogen) atoms. The zero-order chi connectivity index (χ0) is 11.5. The molecule has 0 aliphatic carbocycles. The lowest BCUT2D eigenvalue weighted by atomic mass is 10.0. The summed E-state index contributed by atoms with van der Waals surface area (Å²) in [4.78, 5) is 6.92. The van der Waals surface area contributed by atoms with Crippen LogP contribution < -0.4 is 10.6 Å². The Morgan fingerprint density at radius 1 is 1.44 bits per heavy atom. The molecule has 0 amide bonds. The first-order valence-electron chi connectivity index (χ1n) is 6.16. The van der Waals surface area contributed by atoms with Gasteiger partial charge in [0.05, 0.1) is 0 Å². The molecule has 2 N–H and O–H groups in total. The van der Waals surface area contributed by atoms with E-state index >= 15 is 0 Å². The highest BCUT2D eigenvalue weighted by Crippen LogP contribution is 2.23. The number of nitrogens with two attached hydrogens (primary N) is 1. The minimum atomic E-state index is 0.0697. The minimum Gasteiger partial charge on any atom is -0.354 e. The predicted octanol–water partition coefficient (Wildman–Crippen LogP) is 2.48. The van der Waals surface area contributed by atoms with Gasteiger partial charge in [0.15, 0.2) is 0 Å². The van der Waals surface area contributed by atoms with Crippen LogP contribution in [0.1, 0.15) is 44.7 Å². The lowest BCUT2D eigenvalue weighted by Crippen LogP contribution is -2.37. The van der Waals surface area contributed by atoms with Crippen LogP contribution in [0, 0.1) is 0 Å². The second-order valence-electron chi connectivity index (χ2n) is 4.78. The lowest BCUT2D eigenvalue weighted by molar-refractivity contribution is 0.481. The Bertz CT molecular complexity index is 332. The molecule has 0 bridgehead atoms. The summed E-state index contributed by atoms with van der Waals surface area (Å²) >= 11 is 0. The van der Waals surface area contributed by atoms with E-state index in [1.807, 2.05) is 13.1 Å². The molecule has 0 aromatic carbocycles. The van der Waals surface area contributed by atoms with Crippen LogP contribution in [0.3, 0.4) is 0 Å². The maximum atomic E-state index is 5.82. The van der Waals surface area contributed by atoms with E-state index in [4.69, 9.17) is 5.73 Å². The summed E-state index contributed by atoms with van der Waals surface area (Å²) in [6.45, 7) is 5.40. The van der Waals surface area contributed by atoms with Crippen molar-refractivity contribution in [2.45, 2.75) is 45.2 Å². The molecule has 0 radical (unpaired) electrons. The number of pyridine rings is 1. The maximum Gasteiger partial charge on any atom is 0.128 e. The van der Waals surface area contributed by atoms with Crippen molar-refractivity contribution >= 4 is 5.82 Å². The van der Waals surface area contributed by atoms with Gasteiger partial charge in [0.2, 0.25) is 0 Å². The van der Waals surface area contributed by atoms with Crippen molar-refractivity contribution in [1.29, 1.82) is 0 Å². The van der Waals surface area contributed by atoms with Crippen molar-refractivity contribution in [3.63, 3.8) is 0 Å². The zero-order valence-electron chi connectivity index (χ0n) is 10.2. The first kappa shape index (κ1) is 11.4. The van der Waals surface area contributed by atoms with Crippen molar-refractivity contribution in [2.75, 3.05) is 11.4 Å². The fourth-order valence-electron chi connectivity index (χ4n) is 2.28. The largest absolute Gasteiger partial charge is 0.354 e. The number of anilines is 1. The van der Waals surface area contributed by atoms with Gasteiger partial charge >= 0.3 is 0 Å². The third kappa shape index (κ3) is 2.35. The molecule has 1 aromatic heterocycles. The van der Waals surface area contributed by atoms with Crippen molar-refractivity contribution in [1.82, 2.24) is 4.98 Å². The molecule has 1 fully saturated rings. The Morgan fingerprint density at radius 2 is 2.25 bits per heavy atom. The molecule has 2 atom stereocenters. The van der Waals surface area contributed by atoms with Crippen LogP contribution in [0.5, 0.6) is 0 Å². The summed E-state index contributed by atoms with van der Waals surface area (Å²) < 4.78 is 0. The Balaban J connectivity index is 2.14. The smallest absolute Gasteiger partial charge is 0.128 e. The summed E-state index contributed by atoms with van der Waals surface area (Å²) in [6, 6.07) is 4.87. The van der Waals surface area contributed by atoms with Crippen molar-refractivity contribution in [2.24, 2.45) is 5.73 Å². The molecule has 1 aromatic rings. The zero-order valence-corrected chi connectivity index (χ0v) is 10.2. The van der Waals surface area contributed by atoms with E-state index in [0.717, 1.165) is 17.9 Å². The number of rotatable bonds is 2. The van der Waals surface area contributed by atoms with Crippen LogP contribution >= 0.6 is 0 Å². The van der Waals surface area contributed by atoms with Gasteiger partial charge in [-0.1, -0.05) is 6.07 Å². The molecule has 2 unspecified atom stereocenters. The summed E-state index contributed by atoms with van der Waals surface area (Å²) in [6.07, 6.45) is 5.80. The predicted molar refractivity (Wildman–Crippen MR) is 67.5 cm³/mol. The molecule has 1 aliphatic heterocycles. The van der Waals surface area contributed by atoms with Gasteiger partial charge in [-0.2, -0.15) is 0 Å². The summed E-state index contributed by atoms with van der Waals surface area (Å²) in [7, 11) is 0. The topological polar surface area (TPSA) is 42.1 Å². The van der Waals surface area contributed by atoms with Crippen molar-refractivity contribution < 1.29 is 0 Å². The number of hydrogen-bond donors (Lipinski definition) is 1. The highest BCUT2D eigenvalue weighted by molar-refractivity contribution is 5.41. The van der Waals surface area contributed by atoms with E-state index in [-0.39, 0.29) is 6.04 Å². The van der Waals surface area contributed by atoms with Gasteiger partial charge < -0.3 is 10.6 Å². The van der Waals surface area contributed by atoms with Crippen LogP contribution in [0.4, 0.5) is 5.82 Å². The fourth-order valence-corrected chi connectivity index (χ4v) is 2.28. The van der Waals surface area contributed by atoms with Crippen molar-refractivity contribution in [3.05, 3.63) is 23.9 Å². The van der Waals surface area contributed by atoms with Crippen LogP contribution in [0.25, 0.3) is 0 Å². The van der Waals surface area contributed by atoms with Gasteiger partial charge in [-0.05, 0) is 44.7 Å². The molecule has 0 saturated carbocycles. The van der Waals surface area contributed by atoms with Crippen LogP contribution in [0.15, 0.2) is 18.3 Å². The highest BCUT2D eigenvalue weighted by atomic mass is 15.2. The molecule has 1 saturated heterocycles. The Morgan fingerprint density at radius 3 is 2.81 bits per heavy atom. The molecule has 2 rings (SSSR count). The Labute approximate surface area is 97.7 Å². The standard InChI is InChI=1S/C13H21N3/c1-10-5-3-4-8-16(10)13-7-6-12(9-15-13)11(2)14/h6-7,9-11H,3-5,8,14H2,1-2H3. The molecular formula is C13H21N3. The Kier molecular flexibility index (Phi) is 3.44. The van der Waals surface area contributed by atoms with Crippen LogP contribution in [0.2, 0.25) is 0 Å². The van der Waals surface area contributed by atoms with Gasteiger partial charge in [0, 0.05) is 24.8 Å². The number of piperidine rings is 1. The number of aromatic nitrogens is 1. The van der Waals surface area contributed by atoms with E-state index < -0.39 is 0 Å². The molecule has 3 nitrogen and oxygen atoms in total. The van der Waals surface area contributed by atoms with Crippen LogP contribution in [-0.2, 0) is 0 Å². The number of hydrogen-bond acceptors (Lipinski definition) is 3. The fraction of sp³-hybridized carbons (Fsp3) is 0.615. The maximum absolute atomic E-state index is 5.82. The molecule has 3 heteroatoms. The first-order chi connectivity index (χ1) is 7.68. The van der Waals surface area contributed by atoms with Crippen LogP contribution in [-0.4, -0.2) is 17.6 Å². The lowest BCUT2D eigenvalue weighted by Gasteiger charge is -2.34.